The third kappa shape index (κ3) is 4.74. The molecule has 0 spiro atoms. The van der Waals surface area contributed by atoms with E-state index in [4.69, 9.17) is 4.74 Å². The first-order chi connectivity index (χ1) is 15.0. The molecule has 1 fully saturated rings. The summed E-state index contributed by atoms with van der Waals surface area (Å²) in [7, 11) is 0. The largest absolute Gasteiger partial charge is 0.462 e. The van der Waals surface area contributed by atoms with E-state index >= 15 is 0 Å². The first-order valence-corrected chi connectivity index (χ1v) is 11.0. The van der Waals surface area contributed by atoms with E-state index in [0.29, 0.717) is 21.6 Å². The smallest absolute Gasteiger partial charge is 0.338 e. The second kappa shape index (κ2) is 9.25. The fourth-order valence-corrected chi connectivity index (χ4v) is 4.48. The first-order valence-electron chi connectivity index (χ1n) is 10.2. The highest BCUT2D eigenvalue weighted by Crippen LogP contribution is 2.27. The van der Waals surface area contributed by atoms with Gasteiger partial charge in [0.05, 0.1) is 12.2 Å². The van der Waals surface area contributed by atoms with Crippen LogP contribution in [0.15, 0.2) is 35.4 Å². The second-order valence-electron chi connectivity index (χ2n) is 7.22. The van der Waals surface area contributed by atoms with E-state index in [1.54, 1.807) is 25.1 Å². The van der Waals surface area contributed by atoms with Crippen LogP contribution in [0.4, 0.5) is 10.8 Å². The van der Waals surface area contributed by atoms with Crippen molar-refractivity contribution in [3.8, 4) is 0 Å². The van der Waals surface area contributed by atoms with E-state index in [1.165, 1.54) is 34.7 Å². The average Bonchev–Trinajstić information content (AvgIpc) is 3.22. The summed E-state index contributed by atoms with van der Waals surface area (Å²) in [6, 6.07) is 6.47. The number of carbonyl (C=O) groups excluding carboxylic acids is 2. The number of anilines is 2. The molecule has 0 saturated carbocycles. The molecule has 0 unspecified atom stereocenters. The van der Waals surface area contributed by atoms with Gasteiger partial charge in [0, 0.05) is 18.8 Å². The molecule has 1 amide bonds. The molecule has 1 aromatic carbocycles. The second-order valence-corrected chi connectivity index (χ2v) is 8.20. The Morgan fingerprint density at radius 3 is 2.81 bits per heavy atom. The summed E-state index contributed by atoms with van der Waals surface area (Å²) >= 11 is 1.32. The number of hydrogen-bond donors (Lipinski definition) is 1. The number of thiazole rings is 1. The van der Waals surface area contributed by atoms with Crippen LogP contribution in [0.2, 0.25) is 0 Å². The van der Waals surface area contributed by atoms with E-state index in [9.17, 15) is 14.4 Å². The Bertz CT molecular complexity index is 1170. The number of piperidine rings is 1. The molecule has 31 heavy (non-hydrogen) atoms. The molecule has 1 aliphatic rings. The number of hydrogen-bond acceptors (Lipinski definition) is 8. The van der Waals surface area contributed by atoms with Gasteiger partial charge in [0.2, 0.25) is 5.91 Å². The molecular formula is C21H23N5O4S. The standard InChI is InChI=1S/C21H23N5O4S/c1-2-30-20(29)14-7-6-8-15(11-14)23-16(27)12-26-13-22-18-17(19(26)28)31-21(24-18)25-9-4-3-5-10-25/h6-8,11,13H,2-5,9-10,12H2,1H3,(H,23,27). The molecular weight excluding hydrogens is 418 g/mol. The fraction of sp³-hybridized carbons (Fsp3) is 0.381. The summed E-state index contributed by atoms with van der Waals surface area (Å²) in [5, 5.41) is 3.51. The van der Waals surface area contributed by atoms with Crippen molar-refractivity contribution in [2.75, 3.05) is 29.9 Å². The Morgan fingerprint density at radius 2 is 2.03 bits per heavy atom. The number of rotatable bonds is 6. The Morgan fingerprint density at radius 1 is 1.23 bits per heavy atom. The first kappa shape index (κ1) is 21.0. The van der Waals surface area contributed by atoms with Crippen LogP contribution >= 0.6 is 11.3 Å². The van der Waals surface area contributed by atoms with Gasteiger partial charge < -0.3 is 15.0 Å². The minimum absolute atomic E-state index is 0.192. The molecule has 2 aromatic heterocycles. The summed E-state index contributed by atoms with van der Waals surface area (Å²) < 4.78 is 6.69. The molecule has 0 bridgehead atoms. The normalized spacial score (nSPS) is 13.9. The Kier molecular flexibility index (Phi) is 6.26. The van der Waals surface area contributed by atoms with Crippen LogP contribution in [0.5, 0.6) is 0 Å². The SMILES string of the molecule is CCOC(=O)c1cccc(NC(=O)Cn2cnc3nc(N4CCCCC4)sc3c2=O)c1. The number of esters is 1. The molecule has 162 valence electrons. The van der Waals surface area contributed by atoms with E-state index < -0.39 is 11.9 Å². The summed E-state index contributed by atoms with van der Waals surface area (Å²) in [6.45, 7) is 3.67. The molecule has 4 rings (SSSR count). The van der Waals surface area contributed by atoms with E-state index in [0.717, 1.165) is 31.1 Å². The number of nitrogens with one attached hydrogen (secondary N) is 1. The number of carbonyl (C=O) groups is 2. The fourth-order valence-electron chi connectivity index (χ4n) is 3.46. The Labute approximate surface area is 182 Å². The molecule has 0 radical (unpaired) electrons. The molecule has 10 heteroatoms. The topological polar surface area (TPSA) is 106 Å². The number of fused-ring (bicyclic) bond motifs is 1. The van der Waals surface area contributed by atoms with Crippen LogP contribution in [0.25, 0.3) is 10.3 Å². The van der Waals surface area contributed by atoms with Gasteiger partial charge in [-0.05, 0) is 44.4 Å². The van der Waals surface area contributed by atoms with Gasteiger partial charge in [-0.25, -0.2) is 9.78 Å². The Hall–Kier alpha value is -3.27. The maximum atomic E-state index is 12.9. The van der Waals surface area contributed by atoms with Crippen molar-refractivity contribution in [1.29, 1.82) is 0 Å². The number of benzene rings is 1. The molecule has 3 aromatic rings. The zero-order valence-electron chi connectivity index (χ0n) is 17.2. The van der Waals surface area contributed by atoms with Crippen molar-refractivity contribution in [2.24, 2.45) is 0 Å². The van der Waals surface area contributed by atoms with Crippen molar-refractivity contribution in [2.45, 2.75) is 32.7 Å². The molecule has 1 N–H and O–H groups in total. The summed E-state index contributed by atoms with van der Waals surface area (Å²) in [5.74, 6) is -0.857. The number of ether oxygens (including phenoxy) is 1. The van der Waals surface area contributed by atoms with Gasteiger partial charge in [-0.1, -0.05) is 17.4 Å². The zero-order valence-corrected chi connectivity index (χ0v) is 18.0. The summed E-state index contributed by atoms with van der Waals surface area (Å²) in [4.78, 5) is 48.2. The van der Waals surface area contributed by atoms with Crippen LogP contribution in [-0.4, -0.2) is 46.1 Å². The van der Waals surface area contributed by atoms with Crippen molar-refractivity contribution in [1.82, 2.24) is 14.5 Å². The van der Waals surface area contributed by atoms with Crippen molar-refractivity contribution >= 4 is 44.4 Å². The van der Waals surface area contributed by atoms with Crippen LogP contribution in [0.1, 0.15) is 36.5 Å². The van der Waals surface area contributed by atoms with Crippen LogP contribution in [0, 0.1) is 0 Å². The number of aromatic nitrogens is 3. The molecule has 1 aliphatic heterocycles. The average molecular weight is 442 g/mol. The monoisotopic (exact) mass is 441 g/mol. The highest BCUT2D eigenvalue weighted by atomic mass is 32.1. The van der Waals surface area contributed by atoms with Crippen LogP contribution < -0.4 is 15.8 Å². The molecule has 9 nitrogen and oxygen atoms in total. The van der Waals surface area contributed by atoms with E-state index in [-0.39, 0.29) is 18.7 Å². The minimum Gasteiger partial charge on any atom is -0.462 e. The van der Waals surface area contributed by atoms with Crippen LogP contribution in [0.3, 0.4) is 0 Å². The highest BCUT2D eigenvalue weighted by molar-refractivity contribution is 7.22. The minimum atomic E-state index is -0.459. The van der Waals surface area contributed by atoms with Gasteiger partial charge in [0.15, 0.2) is 10.8 Å². The summed E-state index contributed by atoms with van der Waals surface area (Å²) in [5.41, 5.74) is 0.910. The van der Waals surface area contributed by atoms with Gasteiger partial charge in [0.25, 0.3) is 5.56 Å². The Balaban J connectivity index is 1.48. The predicted molar refractivity (Wildman–Crippen MR) is 119 cm³/mol. The van der Waals surface area contributed by atoms with E-state index in [1.807, 2.05) is 0 Å². The number of amides is 1. The molecule has 0 aliphatic carbocycles. The van der Waals surface area contributed by atoms with Gasteiger partial charge in [-0.3, -0.25) is 14.2 Å². The lowest BCUT2D eigenvalue weighted by molar-refractivity contribution is -0.116. The van der Waals surface area contributed by atoms with Crippen molar-refractivity contribution < 1.29 is 14.3 Å². The molecule has 0 atom stereocenters. The quantitative estimate of drug-likeness (QED) is 0.586. The third-order valence-electron chi connectivity index (χ3n) is 4.97. The maximum Gasteiger partial charge on any atom is 0.338 e. The van der Waals surface area contributed by atoms with Gasteiger partial charge >= 0.3 is 5.97 Å². The maximum absolute atomic E-state index is 12.9. The van der Waals surface area contributed by atoms with Crippen LogP contribution in [-0.2, 0) is 16.1 Å². The van der Waals surface area contributed by atoms with E-state index in [2.05, 4.69) is 20.2 Å². The van der Waals surface area contributed by atoms with Gasteiger partial charge in [0.1, 0.15) is 17.6 Å². The lowest BCUT2D eigenvalue weighted by Crippen LogP contribution is -2.29. The highest BCUT2D eigenvalue weighted by Gasteiger charge is 2.18. The lowest BCUT2D eigenvalue weighted by atomic mass is 10.1. The lowest BCUT2D eigenvalue weighted by Gasteiger charge is -2.25. The zero-order chi connectivity index (χ0) is 21.8. The molecule has 3 heterocycles. The molecule has 1 saturated heterocycles. The number of nitrogens with zero attached hydrogens (tertiary/aromatic N) is 4. The summed E-state index contributed by atoms with van der Waals surface area (Å²) in [6.07, 6.45) is 4.79. The van der Waals surface area contributed by atoms with Gasteiger partial charge in [-0.15, -0.1) is 0 Å². The predicted octanol–water partition coefficient (Wildman–Crippen LogP) is 2.66. The van der Waals surface area contributed by atoms with Crippen molar-refractivity contribution in [3.63, 3.8) is 0 Å². The van der Waals surface area contributed by atoms with Gasteiger partial charge in [-0.2, -0.15) is 4.98 Å². The van der Waals surface area contributed by atoms with Crippen molar-refractivity contribution in [3.05, 3.63) is 46.5 Å². The third-order valence-corrected chi connectivity index (χ3v) is 6.06.